The number of hydrogen-bond acceptors (Lipinski definition) is 7. The fourth-order valence-corrected chi connectivity index (χ4v) is 7.93. The van der Waals surface area contributed by atoms with Gasteiger partial charge in [-0.15, -0.1) is 0 Å². The Morgan fingerprint density at radius 2 is 1.78 bits per heavy atom. The molecule has 50 heavy (non-hydrogen) atoms. The van der Waals surface area contributed by atoms with Crippen LogP contribution in [0.2, 0.25) is 0 Å². The summed E-state index contributed by atoms with van der Waals surface area (Å²) < 4.78 is 42.1. The van der Waals surface area contributed by atoms with Crippen LogP contribution in [-0.4, -0.2) is 61.5 Å². The van der Waals surface area contributed by atoms with E-state index in [9.17, 15) is 32.3 Å². The van der Waals surface area contributed by atoms with E-state index in [1.54, 1.807) is 16.5 Å². The number of alkyl halides is 3. The summed E-state index contributed by atoms with van der Waals surface area (Å²) in [6, 6.07) is 5.06. The minimum absolute atomic E-state index is 0.0344. The van der Waals surface area contributed by atoms with Gasteiger partial charge in [0.15, 0.2) is 11.6 Å². The summed E-state index contributed by atoms with van der Waals surface area (Å²) in [6.45, 7) is 7.83. The summed E-state index contributed by atoms with van der Waals surface area (Å²) in [4.78, 5) is 59.6. The van der Waals surface area contributed by atoms with Crippen LogP contribution in [0.25, 0.3) is 10.9 Å². The number of ketones is 3. The number of carbonyl (C=O) groups excluding carboxylic acids is 4. The first-order valence-corrected chi connectivity index (χ1v) is 17.8. The molecule has 3 aromatic rings. The van der Waals surface area contributed by atoms with Crippen molar-refractivity contribution in [2.75, 3.05) is 11.9 Å². The van der Waals surface area contributed by atoms with Gasteiger partial charge in [-0.25, -0.2) is 4.98 Å². The van der Waals surface area contributed by atoms with Gasteiger partial charge in [0.25, 0.3) is 0 Å². The van der Waals surface area contributed by atoms with E-state index in [1.807, 2.05) is 6.07 Å². The summed E-state index contributed by atoms with van der Waals surface area (Å²) >= 11 is 0. The minimum Gasteiger partial charge on any atom is -0.385 e. The number of amides is 1. The van der Waals surface area contributed by atoms with Gasteiger partial charge in [0.05, 0.1) is 23.7 Å². The molecule has 1 aliphatic carbocycles. The molecule has 3 atom stereocenters. The highest BCUT2D eigenvalue weighted by molar-refractivity contribution is 6.07. The van der Waals surface area contributed by atoms with Crippen molar-refractivity contribution < 1.29 is 32.3 Å². The molecule has 4 heterocycles. The molecule has 6 rings (SSSR count). The Bertz CT molecular complexity index is 1830. The zero-order valence-electron chi connectivity index (χ0n) is 29.3. The van der Waals surface area contributed by atoms with Gasteiger partial charge in [0.1, 0.15) is 23.7 Å². The number of nitrogens with one attached hydrogen (secondary N) is 1. The number of anilines is 1. The highest BCUT2D eigenvalue weighted by Gasteiger charge is 2.66. The molecule has 2 aliphatic heterocycles. The molecule has 1 N–H and O–H groups in total. The van der Waals surface area contributed by atoms with E-state index in [1.165, 1.54) is 13.0 Å². The third kappa shape index (κ3) is 7.35. The van der Waals surface area contributed by atoms with Crippen LogP contribution in [0.4, 0.5) is 18.9 Å². The van der Waals surface area contributed by atoms with Gasteiger partial charge in [-0.3, -0.25) is 23.9 Å². The fraction of sp³-hybridized carbons (Fsp3) is 0.579. The zero-order valence-corrected chi connectivity index (χ0v) is 29.3. The van der Waals surface area contributed by atoms with Gasteiger partial charge in [-0.1, -0.05) is 32.8 Å². The third-order valence-electron chi connectivity index (χ3n) is 10.7. The van der Waals surface area contributed by atoms with Crippen molar-refractivity contribution in [2.24, 2.45) is 11.3 Å². The molecule has 268 valence electrons. The molecular formula is C38H46F3N5O4. The molecule has 0 radical (unpaired) electrons. The molecule has 1 amide bonds. The van der Waals surface area contributed by atoms with Crippen LogP contribution in [-0.2, 0) is 39.9 Å². The van der Waals surface area contributed by atoms with Crippen molar-refractivity contribution in [1.29, 1.82) is 0 Å². The number of hydrogen-bond donors (Lipinski definition) is 1. The van der Waals surface area contributed by atoms with Gasteiger partial charge >= 0.3 is 6.18 Å². The van der Waals surface area contributed by atoms with E-state index in [0.29, 0.717) is 60.9 Å². The minimum atomic E-state index is -4.66. The van der Waals surface area contributed by atoms with Gasteiger partial charge in [0.2, 0.25) is 5.91 Å². The number of aromatic nitrogens is 3. The van der Waals surface area contributed by atoms with Crippen molar-refractivity contribution >= 4 is 39.8 Å². The van der Waals surface area contributed by atoms with Crippen molar-refractivity contribution in [1.82, 2.24) is 19.7 Å². The Hall–Kier alpha value is -4.09. The number of benzene rings is 1. The maximum absolute atomic E-state index is 14.4. The third-order valence-corrected chi connectivity index (χ3v) is 10.7. The molecule has 12 heteroatoms. The Morgan fingerprint density at radius 1 is 1.04 bits per heavy atom. The van der Waals surface area contributed by atoms with Crippen molar-refractivity contribution in [2.45, 2.75) is 123 Å². The van der Waals surface area contributed by atoms with Crippen LogP contribution in [0.1, 0.15) is 112 Å². The molecule has 1 aromatic carbocycles. The normalized spacial score (nSPS) is 23.2. The highest BCUT2D eigenvalue weighted by Crippen LogP contribution is 2.62. The quantitative estimate of drug-likeness (QED) is 0.264. The lowest BCUT2D eigenvalue weighted by atomic mass is 9.89. The predicted molar refractivity (Wildman–Crippen MR) is 183 cm³/mol. The first-order chi connectivity index (χ1) is 23.7. The molecule has 2 bridgehead atoms. The predicted octanol–water partition coefficient (Wildman–Crippen LogP) is 7.06. The molecule has 1 saturated carbocycles. The Labute approximate surface area is 290 Å². The maximum atomic E-state index is 14.4. The number of aryl methyl sites for hydroxylation is 2. The average molecular weight is 694 g/mol. The number of pyridine rings is 1. The van der Waals surface area contributed by atoms with E-state index >= 15 is 0 Å². The molecule has 0 unspecified atom stereocenters. The van der Waals surface area contributed by atoms with Crippen LogP contribution in [0.5, 0.6) is 0 Å². The largest absolute Gasteiger partial charge is 0.433 e. The lowest BCUT2D eigenvalue weighted by Crippen LogP contribution is -2.45. The first-order valence-electron chi connectivity index (χ1n) is 17.8. The second-order valence-electron chi connectivity index (χ2n) is 15.0. The average Bonchev–Trinajstić information content (AvgIpc) is 3.46. The summed E-state index contributed by atoms with van der Waals surface area (Å²) in [5, 5.41) is 8.82. The van der Waals surface area contributed by atoms with Crippen LogP contribution in [0.15, 0.2) is 24.3 Å². The van der Waals surface area contributed by atoms with Crippen LogP contribution >= 0.6 is 0 Å². The summed E-state index contributed by atoms with van der Waals surface area (Å²) in [7, 11) is 0. The first kappa shape index (κ1) is 35.7. The molecular weight excluding hydrogens is 647 g/mol. The monoisotopic (exact) mass is 693 g/mol. The molecule has 9 nitrogen and oxygen atoms in total. The number of halogens is 3. The number of carbonyl (C=O) groups is 4. The highest BCUT2D eigenvalue weighted by atomic mass is 19.4. The van der Waals surface area contributed by atoms with E-state index in [-0.39, 0.29) is 53.7 Å². The SMILES string of the molecule is CC(=O)c1nn2c3c(cc(NCC(C)C)cc13)CCCCCCC(=O)CC[C@@]13C[C@@H](C(=O)Cc4nc(C(F)(F)F)ccc4C)N(C(=O)C2)[C@@H]1C3. The van der Waals surface area contributed by atoms with Crippen molar-refractivity contribution in [3.05, 3.63) is 52.5 Å². The fourth-order valence-electron chi connectivity index (χ4n) is 7.93. The van der Waals surface area contributed by atoms with Gasteiger partial charge in [0, 0.05) is 43.4 Å². The number of nitrogens with zero attached hydrogens (tertiary/aromatic N) is 4. The lowest BCUT2D eigenvalue weighted by Gasteiger charge is -2.27. The van der Waals surface area contributed by atoms with Crippen LogP contribution < -0.4 is 5.32 Å². The summed E-state index contributed by atoms with van der Waals surface area (Å²) in [6.07, 6.45) is 1.62. The number of piperidine rings is 1. The maximum Gasteiger partial charge on any atom is 0.433 e. The summed E-state index contributed by atoms with van der Waals surface area (Å²) in [5.74, 6) is -0.375. The molecule has 0 spiro atoms. The lowest BCUT2D eigenvalue weighted by molar-refractivity contribution is -0.141. The molecule has 1 saturated heterocycles. The van der Waals surface area contributed by atoms with E-state index in [2.05, 4.69) is 35.3 Å². The Kier molecular flexibility index (Phi) is 9.94. The van der Waals surface area contributed by atoms with E-state index < -0.39 is 23.3 Å². The Morgan fingerprint density at radius 3 is 2.48 bits per heavy atom. The topological polar surface area (TPSA) is 114 Å². The van der Waals surface area contributed by atoms with Crippen LogP contribution in [0.3, 0.4) is 0 Å². The molecule has 2 aromatic heterocycles. The molecule has 2 fully saturated rings. The molecule has 3 aliphatic rings. The number of Topliss-reactive ketones (excluding diaryl/α,β-unsaturated/α-hetero) is 3. The van der Waals surface area contributed by atoms with E-state index in [0.717, 1.165) is 49.5 Å². The van der Waals surface area contributed by atoms with Gasteiger partial charge < -0.3 is 10.2 Å². The second kappa shape index (κ2) is 13.9. The van der Waals surface area contributed by atoms with Gasteiger partial charge in [-0.2, -0.15) is 18.3 Å². The smallest absolute Gasteiger partial charge is 0.385 e. The summed E-state index contributed by atoms with van der Waals surface area (Å²) in [5.41, 5.74) is 1.86. The van der Waals surface area contributed by atoms with Crippen LogP contribution in [0, 0.1) is 18.3 Å². The van der Waals surface area contributed by atoms with E-state index in [4.69, 9.17) is 0 Å². The number of rotatable bonds is 7. The van der Waals surface area contributed by atoms with Crippen molar-refractivity contribution in [3.63, 3.8) is 0 Å². The Balaban J connectivity index is 1.38. The van der Waals surface area contributed by atoms with Gasteiger partial charge in [-0.05, 0) is 86.1 Å². The second-order valence-corrected chi connectivity index (χ2v) is 15.0. The standard InChI is InChI=1S/C38H46F3N5O4/c1-22(2)20-42-26-15-25-9-7-5-6-8-10-27(48)13-14-37-18-30(31(49)17-29-23(3)11-12-32(43-29)38(39,40)41)46(33(37)19-37)34(50)21-45-36(25)28(16-26)35(44-45)24(4)47/h11-12,15-16,22,30,33,42H,5-10,13-14,17-21H2,1-4H3/t30-,33+,37-/m0/s1. The van der Waals surface area contributed by atoms with Crippen molar-refractivity contribution in [3.8, 4) is 0 Å². The zero-order chi connectivity index (χ0) is 36.0.